The van der Waals surface area contributed by atoms with Crippen molar-refractivity contribution in [2.75, 3.05) is 19.8 Å². The van der Waals surface area contributed by atoms with E-state index in [-0.39, 0.29) is 12.7 Å². The minimum Gasteiger partial charge on any atom is -0.394 e. The average molecular weight is 291 g/mol. The predicted molar refractivity (Wildman–Crippen MR) is 71.0 cm³/mol. The zero-order valence-corrected chi connectivity index (χ0v) is 11.7. The van der Waals surface area contributed by atoms with E-state index < -0.39 is 0 Å². The van der Waals surface area contributed by atoms with E-state index in [0.29, 0.717) is 36.0 Å². The van der Waals surface area contributed by atoms with Crippen LogP contribution < -0.4 is 0 Å². The minimum absolute atomic E-state index is 0.0375. The van der Waals surface area contributed by atoms with Crippen molar-refractivity contribution in [2.45, 2.75) is 25.6 Å². The van der Waals surface area contributed by atoms with Crippen LogP contribution in [0.4, 0.5) is 0 Å². The van der Waals surface area contributed by atoms with E-state index in [4.69, 9.17) is 33.0 Å². The maximum Gasteiger partial charge on any atom is 0.135 e. The molecule has 100 valence electrons. The van der Waals surface area contributed by atoms with Crippen LogP contribution >= 0.6 is 23.2 Å². The van der Waals surface area contributed by atoms with Crippen molar-refractivity contribution >= 4 is 23.2 Å². The molecule has 1 aromatic heterocycles. The van der Waals surface area contributed by atoms with Crippen LogP contribution in [0.2, 0.25) is 10.3 Å². The summed E-state index contributed by atoms with van der Waals surface area (Å²) in [5, 5.41) is 9.97. The van der Waals surface area contributed by atoms with E-state index in [1.807, 2.05) is 6.07 Å². The van der Waals surface area contributed by atoms with E-state index in [1.54, 1.807) is 6.07 Å². The Kier molecular flexibility index (Phi) is 4.81. The maximum absolute atomic E-state index is 9.14. The third kappa shape index (κ3) is 3.33. The molecule has 1 aromatic rings. The Morgan fingerprint density at radius 1 is 1.50 bits per heavy atom. The molecule has 0 aliphatic carbocycles. The Bertz CT molecular complexity index is 417. The molecule has 1 saturated heterocycles. The van der Waals surface area contributed by atoms with Crippen LogP contribution in [0.15, 0.2) is 12.1 Å². The molecular formula is C12H16Cl2N2O2. The lowest BCUT2D eigenvalue weighted by atomic mass is 10.1. The fourth-order valence-electron chi connectivity index (χ4n) is 1.98. The molecule has 2 rings (SSSR count). The fourth-order valence-corrected chi connectivity index (χ4v) is 2.39. The van der Waals surface area contributed by atoms with Crippen molar-refractivity contribution in [3.8, 4) is 0 Å². The fraction of sp³-hybridized carbons (Fsp3) is 0.583. The second-order valence-corrected chi connectivity index (χ2v) is 5.25. The normalized spacial score (nSPS) is 25.3. The number of hydrogen-bond acceptors (Lipinski definition) is 4. The summed E-state index contributed by atoms with van der Waals surface area (Å²) in [7, 11) is 0. The number of ether oxygens (including phenoxy) is 1. The molecule has 0 spiro atoms. The van der Waals surface area contributed by atoms with Gasteiger partial charge >= 0.3 is 0 Å². The molecule has 1 fully saturated rings. The lowest BCUT2D eigenvalue weighted by Crippen LogP contribution is -2.48. The molecule has 2 atom stereocenters. The molecule has 1 aliphatic rings. The molecule has 6 heteroatoms. The predicted octanol–water partition coefficient (Wildman–Crippen LogP) is 1.97. The van der Waals surface area contributed by atoms with Gasteiger partial charge in [0.25, 0.3) is 0 Å². The third-order valence-electron chi connectivity index (χ3n) is 3.10. The molecule has 0 saturated carbocycles. The van der Waals surface area contributed by atoms with Crippen molar-refractivity contribution in [3.05, 3.63) is 28.0 Å². The first-order chi connectivity index (χ1) is 8.60. The first-order valence-corrected chi connectivity index (χ1v) is 6.63. The van der Waals surface area contributed by atoms with Gasteiger partial charge in [-0.25, -0.2) is 4.98 Å². The van der Waals surface area contributed by atoms with E-state index >= 15 is 0 Å². The molecule has 1 N–H and O–H groups in total. The number of aliphatic hydroxyl groups excluding tert-OH is 1. The molecule has 0 amide bonds. The average Bonchev–Trinajstić information content (AvgIpc) is 2.35. The van der Waals surface area contributed by atoms with Crippen LogP contribution in [-0.4, -0.2) is 46.9 Å². The molecule has 4 nitrogen and oxygen atoms in total. The lowest BCUT2D eigenvalue weighted by Gasteiger charge is -2.37. The second kappa shape index (κ2) is 6.17. The van der Waals surface area contributed by atoms with Gasteiger partial charge in [0.05, 0.1) is 19.3 Å². The summed E-state index contributed by atoms with van der Waals surface area (Å²) in [5.74, 6) is 0. The van der Waals surface area contributed by atoms with Crippen LogP contribution in [-0.2, 0) is 11.3 Å². The van der Waals surface area contributed by atoms with Gasteiger partial charge in [-0.15, -0.1) is 0 Å². The van der Waals surface area contributed by atoms with Gasteiger partial charge in [0.2, 0.25) is 0 Å². The number of aromatic nitrogens is 1. The quantitative estimate of drug-likeness (QED) is 0.865. The van der Waals surface area contributed by atoms with Gasteiger partial charge in [0.1, 0.15) is 10.3 Å². The first-order valence-electron chi connectivity index (χ1n) is 5.87. The molecule has 1 aliphatic heterocycles. The van der Waals surface area contributed by atoms with Crippen molar-refractivity contribution in [3.63, 3.8) is 0 Å². The van der Waals surface area contributed by atoms with Crippen molar-refractivity contribution < 1.29 is 9.84 Å². The standard InChI is InChI=1S/C12H16Cl2N2O2/c1-8-7-18-10(6-17)5-16(8)4-9-2-3-11(13)15-12(9)14/h2-3,8,10,17H,4-7H2,1H3. The highest BCUT2D eigenvalue weighted by molar-refractivity contribution is 6.32. The van der Waals surface area contributed by atoms with Crippen LogP contribution in [0.3, 0.4) is 0 Å². The van der Waals surface area contributed by atoms with Gasteiger partial charge in [0, 0.05) is 24.7 Å². The Hall–Kier alpha value is -0.390. The van der Waals surface area contributed by atoms with Crippen LogP contribution in [0, 0.1) is 0 Å². The summed E-state index contributed by atoms with van der Waals surface area (Å²) >= 11 is 11.8. The highest BCUT2D eigenvalue weighted by atomic mass is 35.5. The topological polar surface area (TPSA) is 45.6 Å². The molecule has 0 bridgehead atoms. The summed E-state index contributed by atoms with van der Waals surface area (Å²) in [6, 6.07) is 3.91. The molecule has 0 radical (unpaired) electrons. The zero-order valence-electron chi connectivity index (χ0n) is 10.1. The largest absolute Gasteiger partial charge is 0.394 e. The van der Waals surface area contributed by atoms with Crippen LogP contribution in [0.1, 0.15) is 12.5 Å². The molecule has 2 unspecified atom stereocenters. The van der Waals surface area contributed by atoms with Gasteiger partial charge in [-0.3, -0.25) is 4.90 Å². The number of pyridine rings is 1. The lowest BCUT2D eigenvalue weighted by molar-refractivity contribution is -0.0805. The van der Waals surface area contributed by atoms with E-state index in [2.05, 4.69) is 16.8 Å². The van der Waals surface area contributed by atoms with E-state index in [0.717, 1.165) is 5.56 Å². The van der Waals surface area contributed by atoms with Crippen molar-refractivity contribution in [2.24, 2.45) is 0 Å². The Morgan fingerprint density at radius 3 is 2.94 bits per heavy atom. The summed E-state index contributed by atoms with van der Waals surface area (Å²) in [4.78, 5) is 6.25. The number of nitrogens with zero attached hydrogens (tertiary/aromatic N) is 2. The zero-order chi connectivity index (χ0) is 13.1. The molecule has 0 aromatic carbocycles. The number of halogens is 2. The van der Waals surface area contributed by atoms with Crippen LogP contribution in [0.5, 0.6) is 0 Å². The summed E-state index contributed by atoms with van der Waals surface area (Å²) < 4.78 is 5.50. The van der Waals surface area contributed by atoms with Gasteiger partial charge in [-0.1, -0.05) is 29.3 Å². The smallest absolute Gasteiger partial charge is 0.135 e. The number of morpholine rings is 1. The number of aliphatic hydroxyl groups is 1. The highest BCUT2D eigenvalue weighted by Gasteiger charge is 2.26. The SMILES string of the molecule is CC1COC(CO)CN1Cc1ccc(Cl)nc1Cl. The summed E-state index contributed by atoms with van der Waals surface area (Å²) in [6.45, 7) is 4.12. The molecule has 2 heterocycles. The van der Waals surface area contributed by atoms with Crippen molar-refractivity contribution in [1.82, 2.24) is 9.88 Å². The van der Waals surface area contributed by atoms with Crippen LogP contribution in [0.25, 0.3) is 0 Å². The maximum atomic E-state index is 9.14. The Labute approximate surface area is 116 Å². The van der Waals surface area contributed by atoms with Gasteiger partial charge in [-0.05, 0) is 13.0 Å². The Morgan fingerprint density at radius 2 is 2.28 bits per heavy atom. The highest BCUT2D eigenvalue weighted by Crippen LogP contribution is 2.21. The monoisotopic (exact) mass is 290 g/mol. The minimum atomic E-state index is -0.125. The second-order valence-electron chi connectivity index (χ2n) is 4.50. The first kappa shape index (κ1) is 14.0. The van der Waals surface area contributed by atoms with Crippen molar-refractivity contribution in [1.29, 1.82) is 0 Å². The summed E-state index contributed by atoms with van der Waals surface area (Å²) in [5.41, 5.74) is 0.937. The van der Waals surface area contributed by atoms with Gasteiger partial charge < -0.3 is 9.84 Å². The van der Waals surface area contributed by atoms with E-state index in [1.165, 1.54) is 0 Å². The number of hydrogen-bond donors (Lipinski definition) is 1. The van der Waals surface area contributed by atoms with Gasteiger partial charge in [-0.2, -0.15) is 0 Å². The number of rotatable bonds is 3. The molecular weight excluding hydrogens is 275 g/mol. The van der Waals surface area contributed by atoms with E-state index in [9.17, 15) is 0 Å². The Balaban J connectivity index is 2.07. The van der Waals surface area contributed by atoms with Gasteiger partial charge in [0.15, 0.2) is 0 Å². The third-order valence-corrected chi connectivity index (χ3v) is 3.64. The summed E-state index contributed by atoms with van der Waals surface area (Å²) in [6.07, 6.45) is -0.125. The molecule has 18 heavy (non-hydrogen) atoms.